The maximum Gasteiger partial charge on any atom is 0.246 e. The van der Waals surface area contributed by atoms with Crippen LogP contribution in [0.2, 0.25) is 5.02 Å². The van der Waals surface area contributed by atoms with Crippen LogP contribution in [0.1, 0.15) is 39.5 Å². The molecule has 8 heteroatoms. The van der Waals surface area contributed by atoms with Crippen molar-refractivity contribution in [2.24, 2.45) is 5.92 Å². The average molecular weight is 403 g/mol. The molecule has 0 bridgehead atoms. The highest BCUT2D eigenvalue weighted by molar-refractivity contribution is 7.89. The first-order valence-corrected chi connectivity index (χ1v) is 10.8. The van der Waals surface area contributed by atoms with Crippen molar-refractivity contribution in [3.63, 3.8) is 0 Å². The zero-order valence-corrected chi connectivity index (χ0v) is 17.1. The molecule has 0 spiro atoms. The highest BCUT2D eigenvalue weighted by Gasteiger charge is 2.35. The van der Waals surface area contributed by atoms with Gasteiger partial charge in [0, 0.05) is 24.2 Å². The van der Waals surface area contributed by atoms with Crippen molar-refractivity contribution < 1.29 is 17.9 Å². The zero-order valence-electron chi connectivity index (χ0n) is 15.5. The third kappa shape index (κ3) is 4.90. The van der Waals surface area contributed by atoms with E-state index >= 15 is 0 Å². The fourth-order valence-corrected chi connectivity index (χ4v) is 5.17. The predicted octanol–water partition coefficient (Wildman–Crippen LogP) is 3.05. The van der Waals surface area contributed by atoms with E-state index in [9.17, 15) is 13.2 Å². The molecule has 2 atom stereocenters. The minimum absolute atomic E-state index is 0.0351. The molecule has 0 aliphatic carbocycles. The van der Waals surface area contributed by atoms with Crippen LogP contribution in [0, 0.1) is 5.92 Å². The molecule has 146 valence electrons. The minimum atomic E-state index is -3.79. The summed E-state index contributed by atoms with van der Waals surface area (Å²) in [6.07, 6.45) is 3.22. The van der Waals surface area contributed by atoms with Gasteiger partial charge in [-0.05, 0) is 44.4 Å². The van der Waals surface area contributed by atoms with Crippen LogP contribution in [0.4, 0.5) is 0 Å². The molecular formula is C18H27ClN2O4S. The second-order valence-corrected chi connectivity index (χ2v) is 9.04. The number of sulfonamides is 1. The number of benzene rings is 1. The van der Waals surface area contributed by atoms with Gasteiger partial charge in [-0.2, -0.15) is 4.31 Å². The van der Waals surface area contributed by atoms with Crippen LogP contribution in [0.3, 0.4) is 0 Å². The number of ether oxygens (including phenoxy) is 1. The third-order valence-electron chi connectivity index (χ3n) is 4.61. The summed E-state index contributed by atoms with van der Waals surface area (Å²) >= 11 is 5.98. The van der Waals surface area contributed by atoms with E-state index in [2.05, 4.69) is 12.2 Å². The molecule has 0 unspecified atom stereocenters. The molecule has 1 aromatic rings. The number of rotatable bonds is 7. The maximum atomic E-state index is 13.1. The minimum Gasteiger partial charge on any atom is -0.495 e. The largest absolute Gasteiger partial charge is 0.495 e. The summed E-state index contributed by atoms with van der Waals surface area (Å²) in [6.45, 7) is 4.58. The predicted molar refractivity (Wildman–Crippen MR) is 102 cm³/mol. The number of nitrogens with one attached hydrogen (secondary N) is 1. The molecule has 1 N–H and O–H groups in total. The van der Waals surface area contributed by atoms with E-state index in [0.29, 0.717) is 24.4 Å². The van der Waals surface area contributed by atoms with Crippen molar-refractivity contribution in [2.45, 2.75) is 50.5 Å². The van der Waals surface area contributed by atoms with E-state index in [1.807, 2.05) is 6.92 Å². The zero-order chi connectivity index (χ0) is 19.3. The molecule has 0 radical (unpaired) electrons. The Morgan fingerprint density at radius 3 is 2.85 bits per heavy atom. The first kappa shape index (κ1) is 21.0. The van der Waals surface area contributed by atoms with Gasteiger partial charge in [-0.25, -0.2) is 8.42 Å². The third-order valence-corrected chi connectivity index (χ3v) is 6.73. The summed E-state index contributed by atoms with van der Waals surface area (Å²) in [6, 6.07) is 4.60. The Morgan fingerprint density at radius 2 is 2.19 bits per heavy atom. The van der Waals surface area contributed by atoms with Crippen molar-refractivity contribution in [3.8, 4) is 5.75 Å². The van der Waals surface area contributed by atoms with Crippen LogP contribution in [0.25, 0.3) is 0 Å². The van der Waals surface area contributed by atoms with Gasteiger partial charge in [0.2, 0.25) is 15.9 Å². The molecule has 26 heavy (non-hydrogen) atoms. The topological polar surface area (TPSA) is 75.7 Å². The van der Waals surface area contributed by atoms with Gasteiger partial charge in [-0.15, -0.1) is 0 Å². The van der Waals surface area contributed by atoms with Crippen LogP contribution in [-0.2, 0) is 14.8 Å². The van der Waals surface area contributed by atoms with Gasteiger partial charge in [0.25, 0.3) is 0 Å². The summed E-state index contributed by atoms with van der Waals surface area (Å²) in [5, 5.41) is 3.31. The molecule has 1 amide bonds. The van der Waals surface area contributed by atoms with Gasteiger partial charge >= 0.3 is 0 Å². The first-order valence-electron chi connectivity index (χ1n) is 8.93. The van der Waals surface area contributed by atoms with E-state index in [1.165, 1.54) is 23.5 Å². The lowest BCUT2D eigenvalue weighted by atomic mass is 9.98. The fourth-order valence-electron chi connectivity index (χ4n) is 3.23. The Balaban J connectivity index is 2.18. The SMILES string of the molecule is CCC[C@@H](C)NC(=O)[C@H]1CCCN(S(=O)(=O)c2cc(Cl)ccc2OC)C1. The Hall–Kier alpha value is -1.31. The van der Waals surface area contributed by atoms with Crippen molar-refractivity contribution in [1.29, 1.82) is 0 Å². The number of methoxy groups -OCH3 is 1. The van der Waals surface area contributed by atoms with E-state index in [1.54, 1.807) is 6.07 Å². The molecule has 6 nitrogen and oxygen atoms in total. The Morgan fingerprint density at radius 1 is 1.46 bits per heavy atom. The molecule has 0 aromatic heterocycles. The highest BCUT2D eigenvalue weighted by atomic mass is 35.5. The van der Waals surface area contributed by atoms with Gasteiger partial charge in [-0.3, -0.25) is 4.79 Å². The second-order valence-electron chi connectivity index (χ2n) is 6.70. The molecular weight excluding hydrogens is 376 g/mol. The average Bonchev–Trinajstić information content (AvgIpc) is 2.62. The van der Waals surface area contributed by atoms with Gasteiger partial charge < -0.3 is 10.1 Å². The summed E-state index contributed by atoms with van der Waals surface area (Å²) in [4.78, 5) is 12.5. The van der Waals surface area contributed by atoms with Crippen molar-refractivity contribution >= 4 is 27.5 Å². The molecule has 1 aliphatic rings. The Bertz CT molecular complexity index is 739. The molecule has 1 heterocycles. The number of piperidine rings is 1. The second kappa shape index (κ2) is 9.06. The van der Waals surface area contributed by atoms with Gasteiger partial charge in [0.05, 0.1) is 13.0 Å². The lowest BCUT2D eigenvalue weighted by Crippen LogP contribution is -2.47. The van der Waals surface area contributed by atoms with Gasteiger partial charge in [0.15, 0.2) is 0 Å². The smallest absolute Gasteiger partial charge is 0.246 e. The molecule has 1 fully saturated rings. The summed E-state index contributed by atoms with van der Waals surface area (Å²) < 4.78 is 32.7. The van der Waals surface area contributed by atoms with Crippen LogP contribution >= 0.6 is 11.6 Å². The van der Waals surface area contributed by atoms with E-state index < -0.39 is 10.0 Å². The molecule has 0 saturated carbocycles. The number of carbonyl (C=O) groups is 1. The number of amides is 1. The van der Waals surface area contributed by atoms with Crippen LogP contribution in [0.15, 0.2) is 23.1 Å². The summed E-state index contributed by atoms with van der Waals surface area (Å²) in [5.74, 6) is -0.176. The van der Waals surface area contributed by atoms with Gasteiger partial charge in [-0.1, -0.05) is 24.9 Å². The number of nitrogens with zero attached hydrogens (tertiary/aromatic N) is 1. The lowest BCUT2D eigenvalue weighted by molar-refractivity contribution is -0.126. The Kier molecular flexibility index (Phi) is 7.32. The molecule has 1 aromatic carbocycles. The summed E-state index contributed by atoms with van der Waals surface area (Å²) in [7, 11) is -2.37. The standard InChI is InChI=1S/C18H27ClN2O4S/c1-4-6-13(2)20-18(22)14-7-5-10-21(12-14)26(23,24)17-11-15(19)8-9-16(17)25-3/h8-9,11,13-14H,4-7,10,12H2,1-3H3,(H,20,22)/t13-,14+/m1/s1. The van der Waals surface area contributed by atoms with Crippen LogP contribution < -0.4 is 10.1 Å². The monoisotopic (exact) mass is 402 g/mol. The molecule has 2 rings (SSSR count). The first-order chi connectivity index (χ1) is 12.3. The van der Waals surface area contributed by atoms with Crippen molar-refractivity contribution in [2.75, 3.05) is 20.2 Å². The lowest BCUT2D eigenvalue weighted by Gasteiger charge is -2.32. The maximum absolute atomic E-state index is 13.1. The van der Waals surface area contributed by atoms with E-state index in [0.717, 1.165) is 12.8 Å². The number of hydrogen-bond acceptors (Lipinski definition) is 4. The normalized spacial score (nSPS) is 19.8. The van der Waals surface area contributed by atoms with Crippen LogP contribution in [-0.4, -0.2) is 44.9 Å². The number of carbonyl (C=O) groups excluding carboxylic acids is 1. The van der Waals surface area contributed by atoms with Crippen molar-refractivity contribution in [1.82, 2.24) is 9.62 Å². The van der Waals surface area contributed by atoms with E-state index in [4.69, 9.17) is 16.3 Å². The molecule has 1 aliphatic heterocycles. The fraction of sp³-hybridized carbons (Fsp3) is 0.611. The highest BCUT2D eigenvalue weighted by Crippen LogP contribution is 2.32. The Labute approximate surface area is 160 Å². The van der Waals surface area contributed by atoms with Gasteiger partial charge in [0.1, 0.15) is 10.6 Å². The quantitative estimate of drug-likeness (QED) is 0.760. The number of hydrogen-bond donors (Lipinski definition) is 1. The van der Waals surface area contributed by atoms with Crippen molar-refractivity contribution in [3.05, 3.63) is 23.2 Å². The van der Waals surface area contributed by atoms with E-state index in [-0.39, 0.29) is 35.1 Å². The molecule has 1 saturated heterocycles. The van der Waals surface area contributed by atoms with Crippen LogP contribution in [0.5, 0.6) is 5.75 Å². The summed E-state index contributed by atoms with van der Waals surface area (Å²) in [5.41, 5.74) is 0. The number of halogens is 1.